The summed E-state index contributed by atoms with van der Waals surface area (Å²) in [5.74, 6) is 0. The van der Waals surface area contributed by atoms with Crippen LogP contribution in [0.15, 0.2) is 30.3 Å². The van der Waals surface area contributed by atoms with Gasteiger partial charge in [-0.1, -0.05) is 29.3 Å². The molecule has 0 saturated heterocycles. The van der Waals surface area contributed by atoms with Gasteiger partial charge in [0, 0.05) is 5.56 Å². The Morgan fingerprint density at radius 2 is 1.76 bits per heavy atom. The van der Waals surface area contributed by atoms with E-state index in [4.69, 9.17) is 28.5 Å². The molecule has 0 spiro atoms. The number of nitriles is 1. The first-order chi connectivity index (χ1) is 9.82. The van der Waals surface area contributed by atoms with Crippen molar-refractivity contribution in [1.82, 2.24) is 4.98 Å². The summed E-state index contributed by atoms with van der Waals surface area (Å²) in [6, 6.07) is 8.63. The Hall–Kier alpha value is -1.77. The Labute approximate surface area is 128 Å². The van der Waals surface area contributed by atoms with Gasteiger partial charge in [-0.3, -0.25) is 0 Å². The van der Waals surface area contributed by atoms with Crippen LogP contribution < -0.4 is 0 Å². The molecule has 0 N–H and O–H groups in total. The molecule has 0 aliphatic carbocycles. The standard InChI is InChI=1S/C14H7Cl2F3N2/c15-9-2-1-3-10(16)13(9)11-6-8(4-5-20)7-12(21-11)14(17,18)19/h1-3,6-7H,4H2. The molecule has 0 amide bonds. The molecule has 7 heteroatoms. The van der Waals surface area contributed by atoms with Gasteiger partial charge in [-0.05, 0) is 29.8 Å². The summed E-state index contributed by atoms with van der Waals surface area (Å²) in [5, 5.41) is 9.06. The molecule has 108 valence electrons. The molecular formula is C14H7Cl2F3N2. The third kappa shape index (κ3) is 3.46. The first-order valence-electron chi connectivity index (χ1n) is 5.72. The predicted molar refractivity (Wildman–Crippen MR) is 74.0 cm³/mol. The lowest BCUT2D eigenvalue weighted by Gasteiger charge is -2.12. The molecule has 2 rings (SSSR count). The molecule has 0 atom stereocenters. The molecule has 0 fully saturated rings. The molecule has 21 heavy (non-hydrogen) atoms. The monoisotopic (exact) mass is 330 g/mol. The number of nitrogens with zero attached hydrogens (tertiary/aromatic N) is 2. The molecule has 0 radical (unpaired) electrons. The van der Waals surface area contributed by atoms with E-state index in [0.717, 1.165) is 6.07 Å². The Morgan fingerprint density at radius 1 is 1.14 bits per heavy atom. The quantitative estimate of drug-likeness (QED) is 0.764. The summed E-state index contributed by atoms with van der Waals surface area (Å²) in [7, 11) is 0. The van der Waals surface area contributed by atoms with E-state index in [0.29, 0.717) is 0 Å². The third-order valence-electron chi connectivity index (χ3n) is 2.68. The van der Waals surface area contributed by atoms with E-state index in [2.05, 4.69) is 4.98 Å². The van der Waals surface area contributed by atoms with Crippen LogP contribution in [0.1, 0.15) is 11.3 Å². The third-order valence-corrected chi connectivity index (χ3v) is 3.31. The van der Waals surface area contributed by atoms with E-state index in [9.17, 15) is 13.2 Å². The fraction of sp³-hybridized carbons (Fsp3) is 0.143. The maximum absolute atomic E-state index is 12.9. The molecule has 0 aliphatic heterocycles. The second-order valence-electron chi connectivity index (χ2n) is 4.18. The summed E-state index contributed by atoms with van der Waals surface area (Å²) in [4.78, 5) is 3.58. The van der Waals surface area contributed by atoms with Crippen LogP contribution in [-0.2, 0) is 12.6 Å². The number of pyridine rings is 1. The van der Waals surface area contributed by atoms with Crippen LogP contribution in [0.3, 0.4) is 0 Å². The molecule has 0 unspecified atom stereocenters. The van der Waals surface area contributed by atoms with Crippen molar-refractivity contribution in [3.8, 4) is 17.3 Å². The molecule has 1 aromatic carbocycles. The minimum absolute atomic E-state index is 0.00863. The average Bonchev–Trinajstić information content (AvgIpc) is 2.37. The van der Waals surface area contributed by atoms with Crippen molar-refractivity contribution < 1.29 is 13.2 Å². The van der Waals surface area contributed by atoms with Gasteiger partial charge in [-0.2, -0.15) is 18.4 Å². The van der Waals surface area contributed by atoms with Crippen molar-refractivity contribution in [3.05, 3.63) is 51.6 Å². The lowest BCUT2D eigenvalue weighted by atomic mass is 10.1. The summed E-state index contributed by atoms with van der Waals surface area (Å²) in [6.07, 6.45) is -4.78. The number of alkyl halides is 3. The maximum atomic E-state index is 12.9. The summed E-state index contributed by atoms with van der Waals surface area (Å²) in [6.45, 7) is 0. The van der Waals surface area contributed by atoms with E-state index in [-0.39, 0.29) is 33.3 Å². The van der Waals surface area contributed by atoms with Crippen molar-refractivity contribution in [1.29, 1.82) is 5.26 Å². The number of hydrogen-bond acceptors (Lipinski definition) is 2. The fourth-order valence-electron chi connectivity index (χ4n) is 1.80. The van der Waals surface area contributed by atoms with Gasteiger partial charge >= 0.3 is 6.18 Å². The highest BCUT2D eigenvalue weighted by molar-refractivity contribution is 6.39. The zero-order valence-corrected chi connectivity index (χ0v) is 11.9. The van der Waals surface area contributed by atoms with Crippen LogP contribution in [0.5, 0.6) is 0 Å². The van der Waals surface area contributed by atoms with Crippen LogP contribution in [-0.4, -0.2) is 4.98 Å². The van der Waals surface area contributed by atoms with Crippen molar-refractivity contribution in [2.45, 2.75) is 12.6 Å². The summed E-state index contributed by atoms with van der Waals surface area (Å²) >= 11 is 12.0. The van der Waals surface area contributed by atoms with E-state index in [1.54, 1.807) is 6.07 Å². The van der Waals surface area contributed by atoms with E-state index < -0.39 is 11.9 Å². The van der Waals surface area contributed by atoms with Crippen molar-refractivity contribution in [3.63, 3.8) is 0 Å². The van der Waals surface area contributed by atoms with Crippen LogP contribution in [0.25, 0.3) is 11.3 Å². The van der Waals surface area contributed by atoms with E-state index in [1.807, 2.05) is 6.07 Å². The van der Waals surface area contributed by atoms with Gasteiger partial charge in [0.05, 0.1) is 28.2 Å². The molecule has 2 nitrogen and oxygen atoms in total. The smallest absolute Gasteiger partial charge is 0.243 e. The highest BCUT2D eigenvalue weighted by atomic mass is 35.5. The predicted octanol–water partition coefficient (Wildman–Crippen LogP) is 5.14. The molecule has 2 aromatic rings. The number of hydrogen-bond donors (Lipinski definition) is 0. The Morgan fingerprint density at radius 3 is 2.29 bits per heavy atom. The number of halogens is 5. The van der Waals surface area contributed by atoms with Gasteiger partial charge in [0.1, 0.15) is 5.69 Å². The largest absolute Gasteiger partial charge is 0.433 e. The zero-order chi connectivity index (χ0) is 15.6. The molecule has 0 aliphatic rings. The molecule has 0 saturated carbocycles. The topological polar surface area (TPSA) is 36.7 Å². The van der Waals surface area contributed by atoms with Crippen LogP contribution in [0.4, 0.5) is 13.2 Å². The van der Waals surface area contributed by atoms with Crippen LogP contribution in [0, 0.1) is 11.3 Å². The Balaban J connectivity index is 2.69. The van der Waals surface area contributed by atoms with Crippen LogP contribution >= 0.6 is 23.2 Å². The first kappa shape index (κ1) is 15.6. The summed E-state index contributed by atoms with van der Waals surface area (Å²) in [5.41, 5.74) is -0.677. The minimum atomic E-state index is -4.62. The van der Waals surface area contributed by atoms with Crippen molar-refractivity contribution in [2.24, 2.45) is 0 Å². The van der Waals surface area contributed by atoms with Crippen molar-refractivity contribution in [2.75, 3.05) is 0 Å². The fourth-order valence-corrected chi connectivity index (χ4v) is 2.39. The Kier molecular flexibility index (Phi) is 4.40. The average molecular weight is 331 g/mol. The van der Waals surface area contributed by atoms with Gasteiger partial charge in [0.25, 0.3) is 0 Å². The number of aromatic nitrogens is 1. The summed E-state index contributed by atoms with van der Waals surface area (Å²) < 4.78 is 38.7. The van der Waals surface area contributed by atoms with E-state index >= 15 is 0 Å². The van der Waals surface area contributed by atoms with Gasteiger partial charge in [-0.25, -0.2) is 4.98 Å². The number of benzene rings is 1. The molecule has 0 bridgehead atoms. The van der Waals surface area contributed by atoms with Gasteiger partial charge in [0.15, 0.2) is 0 Å². The lowest BCUT2D eigenvalue weighted by molar-refractivity contribution is -0.141. The van der Waals surface area contributed by atoms with Crippen molar-refractivity contribution >= 4 is 23.2 Å². The highest BCUT2D eigenvalue weighted by Gasteiger charge is 2.33. The SMILES string of the molecule is N#CCc1cc(-c2c(Cl)cccc2Cl)nc(C(F)(F)F)c1. The van der Waals surface area contributed by atoms with E-state index in [1.165, 1.54) is 18.2 Å². The molecular weight excluding hydrogens is 324 g/mol. The molecule has 1 aromatic heterocycles. The second-order valence-corrected chi connectivity index (χ2v) is 4.99. The maximum Gasteiger partial charge on any atom is 0.433 e. The Bertz CT molecular complexity index is 701. The normalized spacial score (nSPS) is 11.2. The first-order valence-corrected chi connectivity index (χ1v) is 6.48. The van der Waals surface area contributed by atoms with Gasteiger partial charge < -0.3 is 0 Å². The molecule has 1 heterocycles. The lowest BCUT2D eigenvalue weighted by Crippen LogP contribution is -2.09. The van der Waals surface area contributed by atoms with Gasteiger partial charge in [-0.15, -0.1) is 0 Å². The zero-order valence-electron chi connectivity index (χ0n) is 10.4. The minimum Gasteiger partial charge on any atom is -0.243 e. The van der Waals surface area contributed by atoms with Gasteiger partial charge in [0.2, 0.25) is 0 Å². The second kappa shape index (κ2) is 5.92. The number of rotatable bonds is 2. The highest BCUT2D eigenvalue weighted by Crippen LogP contribution is 2.36. The van der Waals surface area contributed by atoms with Crippen LogP contribution in [0.2, 0.25) is 10.0 Å².